The van der Waals surface area contributed by atoms with E-state index in [1.54, 1.807) is 48.5 Å². The van der Waals surface area contributed by atoms with Gasteiger partial charge in [-0.15, -0.1) is 0 Å². The number of rotatable bonds is 8. The van der Waals surface area contributed by atoms with Gasteiger partial charge in [0, 0.05) is 6.42 Å². The summed E-state index contributed by atoms with van der Waals surface area (Å²) < 4.78 is 32.5. The van der Waals surface area contributed by atoms with E-state index >= 15 is 0 Å². The molecule has 0 spiro atoms. The Labute approximate surface area is 192 Å². The first-order valence-corrected chi connectivity index (χ1v) is 11.6. The van der Waals surface area contributed by atoms with Crippen molar-refractivity contribution in [3.05, 3.63) is 95.6 Å². The first-order chi connectivity index (χ1) is 15.7. The summed E-state index contributed by atoms with van der Waals surface area (Å²) in [6, 6.07) is 19.8. The van der Waals surface area contributed by atoms with Crippen LogP contribution in [-0.2, 0) is 32.6 Å². The Morgan fingerprint density at radius 3 is 2.18 bits per heavy atom. The van der Waals surface area contributed by atoms with Gasteiger partial charge in [-0.25, -0.2) is 17.9 Å². The fourth-order valence-corrected chi connectivity index (χ4v) is 3.98. The molecule has 0 saturated heterocycles. The normalized spacial score (nSPS) is 11.9. The van der Waals surface area contributed by atoms with Gasteiger partial charge in [-0.2, -0.15) is 0 Å². The maximum absolute atomic E-state index is 12.9. The standard InChI is InChI=1S/C24H24N2O6S/c1-17-7-13-21(14-8-17)33(30,31)26-23(28)22(15-18-9-11-20(27)12-10-18)25-24(29)32-16-19-5-3-2-4-6-19/h2-14,22,27H,15-16H2,1H3,(H,25,29)(H,26,28)/t22-/m0/s1. The van der Waals surface area contributed by atoms with Gasteiger partial charge in [0.1, 0.15) is 18.4 Å². The van der Waals surface area contributed by atoms with Crippen LogP contribution in [-0.4, -0.2) is 31.6 Å². The van der Waals surface area contributed by atoms with Gasteiger partial charge in [0.15, 0.2) is 0 Å². The Morgan fingerprint density at radius 1 is 0.909 bits per heavy atom. The summed E-state index contributed by atoms with van der Waals surface area (Å²) in [5, 5.41) is 11.9. The third-order valence-corrected chi connectivity index (χ3v) is 6.13. The van der Waals surface area contributed by atoms with E-state index in [-0.39, 0.29) is 23.7 Å². The highest BCUT2D eigenvalue weighted by molar-refractivity contribution is 7.90. The van der Waals surface area contributed by atoms with E-state index in [0.717, 1.165) is 11.1 Å². The summed E-state index contributed by atoms with van der Waals surface area (Å²) in [6.45, 7) is 1.80. The molecule has 3 aromatic carbocycles. The number of hydrogen-bond donors (Lipinski definition) is 3. The molecule has 0 aliphatic rings. The van der Waals surface area contributed by atoms with Crippen LogP contribution in [0.15, 0.2) is 83.8 Å². The van der Waals surface area contributed by atoms with Gasteiger partial charge in [-0.1, -0.05) is 60.2 Å². The van der Waals surface area contributed by atoms with Gasteiger partial charge in [0.25, 0.3) is 15.9 Å². The van der Waals surface area contributed by atoms with E-state index in [9.17, 15) is 23.1 Å². The number of ether oxygens (including phenoxy) is 1. The van der Waals surface area contributed by atoms with Crippen molar-refractivity contribution in [3.8, 4) is 5.75 Å². The quantitative estimate of drug-likeness (QED) is 0.467. The lowest BCUT2D eigenvalue weighted by Gasteiger charge is -2.19. The van der Waals surface area contributed by atoms with Crippen LogP contribution in [0, 0.1) is 6.92 Å². The minimum absolute atomic E-state index is 0.0120. The fourth-order valence-electron chi connectivity index (χ4n) is 2.96. The zero-order chi connectivity index (χ0) is 23.8. The van der Waals surface area contributed by atoms with E-state index in [1.807, 2.05) is 17.7 Å². The van der Waals surface area contributed by atoms with Crippen molar-refractivity contribution in [3.63, 3.8) is 0 Å². The second-order valence-electron chi connectivity index (χ2n) is 7.41. The van der Waals surface area contributed by atoms with Crippen LogP contribution < -0.4 is 10.0 Å². The number of nitrogens with one attached hydrogen (secondary N) is 2. The topological polar surface area (TPSA) is 122 Å². The van der Waals surface area contributed by atoms with E-state index in [0.29, 0.717) is 5.56 Å². The number of sulfonamides is 1. The Bertz CT molecular complexity index is 1190. The third kappa shape index (κ3) is 7.08. The predicted molar refractivity (Wildman–Crippen MR) is 122 cm³/mol. The SMILES string of the molecule is Cc1ccc(S(=O)(=O)NC(=O)[C@H](Cc2ccc(O)cc2)NC(=O)OCc2ccccc2)cc1. The number of hydrogen-bond acceptors (Lipinski definition) is 6. The molecule has 33 heavy (non-hydrogen) atoms. The number of carbonyl (C=O) groups excluding carboxylic acids is 2. The maximum Gasteiger partial charge on any atom is 0.408 e. The molecule has 0 heterocycles. The fraction of sp³-hybridized carbons (Fsp3) is 0.167. The van der Waals surface area contributed by atoms with Crippen molar-refractivity contribution in [2.45, 2.75) is 30.9 Å². The Balaban J connectivity index is 1.73. The molecule has 0 unspecified atom stereocenters. The molecule has 1 atom stereocenters. The van der Waals surface area contributed by atoms with Gasteiger partial charge in [0.2, 0.25) is 0 Å². The van der Waals surface area contributed by atoms with Gasteiger partial charge >= 0.3 is 6.09 Å². The van der Waals surface area contributed by atoms with Gasteiger partial charge in [0.05, 0.1) is 4.90 Å². The largest absolute Gasteiger partial charge is 0.508 e. The van der Waals surface area contributed by atoms with Crippen molar-refractivity contribution in [2.24, 2.45) is 0 Å². The van der Waals surface area contributed by atoms with E-state index in [2.05, 4.69) is 5.32 Å². The Kier molecular flexibility index (Phi) is 7.68. The molecule has 0 aromatic heterocycles. The summed E-state index contributed by atoms with van der Waals surface area (Å²) >= 11 is 0. The minimum Gasteiger partial charge on any atom is -0.508 e. The molecule has 0 aliphatic carbocycles. The molecular weight excluding hydrogens is 444 g/mol. The summed E-state index contributed by atoms with van der Waals surface area (Å²) in [6.07, 6.45) is -0.888. The van der Waals surface area contributed by atoms with Crippen LogP contribution in [0.1, 0.15) is 16.7 Å². The lowest BCUT2D eigenvalue weighted by Crippen LogP contribution is -2.49. The summed E-state index contributed by atoms with van der Waals surface area (Å²) in [5.74, 6) is -0.878. The molecule has 9 heteroatoms. The second-order valence-corrected chi connectivity index (χ2v) is 9.09. The van der Waals surface area contributed by atoms with Gasteiger partial charge in [-0.05, 0) is 42.3 Å². The van der Waals surface area contributed by atoms with Crippen LogP contribution in [0.4, 0.5) is 4.79 Å². The van der Waals surface area contributed by atoms with Crippen LogP contribution >= 0.6 is 0 Å². The Hall–Kier alpha value is -3.85. The molecule has 0 aliphatic heterocycles. The second kappa shape index (κ2) is 10.6. The molecule has 0 bridgehead atoms. The molecule has 172 valence electrons. The average molecular weight is 469 g/mol. The molecule has 3 rings (SSSR count). The van der Waals surface area contributed by atoms with Crippen LogP contribution in [0.5, 0.6) is 5.75 Å². The first kappa shape index (κ1) is 23.8. The number of phenolic OH excluding ortho intramolecular Hbond substituents is 1. The lowest BCUT2D eigenvalue weighted by atomic mass is 10.1. The van der Waals surface area contributed by atoms with E-state index in [1.165, 1.54) is 24.3 Å². The molecule has 2 amide bonds. The number of aromatic hydroxyl groups is 1. The zero-order valence-electron chi connectivity index (χ0n) is 17.9. The monoisotopic (exact) mass is 468 g/mol. The summed E-state index contributed by atoms with van der Waals surface area (Å²) in [5.41, 5.74) is 2.23. The zero-order valence-corrected chi connectivity index (χ0v) is 18.7. The van der Waals surface area contributed by atoms with Crippen molar-refractivity contribution in [1.29, 1.82) is 0 Å². The highest BCUT2D eigenvalue weighted by Gasteiger charge is 2.27. The molecular formula is C24H24N2O6S. The number of phenols is 1. The average Bonchev–Trinajstić information content (AvgIpc) is 2.79. The smallest absolute Gasteiger partial charge is 0.408 e. The number of aryl methyl sites for hydroxylation is 1. The molecule has 0 radical (unpaired) electrons. The minimum atomic E-state index is -4.14. The summed E-state index contributed by atoms with van der Waals surface area (Å²) in [4.78, 5) is 25.1. The molecule has 3 aromatic rings. The number of benzene rings is 3. The number of amides is 2. The molecule has 3 N–H and O–H groups in total. The third-order valence-electron chi connectivity index (χ3n) is 4.76. The van der Waals surface area contributed by atoms with Crippen LogP contribution in [0.3, 0.4) is 0 Å². The molecule has 8 nitrogen and oxygen atoms in total. The number of alkyl carbamates (subject to hydrolysis) is 1. The van der Waals surface area contributed by atoms with E-state index in [4.69, 9.17) is 4.74 Å². The summed E-state index contributed by atoms with van der Waals surface area (Å²) in [7, 11) is -4.14. The van der Waals surface area contributed by atoms with Crippen LogP contribution in [0.25, 0.3) is 0 Å². The molecule has 0 fully saturated rings. The Morgan fingerprint density at radius 2 is 1.55 bits per heavy atom. The van der Waals surface area contributed by atoms with Gasteiger partial charge in [-0.3, -0.25) is 4.79 Å². The van der Waals surface area contributed by atoms with E-state index < -0.39 is 28.1 Å². The first-order valence-electron chi connectivity index (χ1n) is 10.1. The van der Waals surface area contributed by atoms with Crippen molar-refractivity contribution < 1.29 is 27.9 Å². The highest BCUT2D eigenvalue weighted by Crippen LogP contribution is 2.14. The van der Waals surface area contributed by atoms with Crippen LogP contribution in [0.2, 0.25) is 0 Å². The van der Waals surface area contributed by atoms with Crippen molar-refractivity contribution >= 4 is 22.0 Å². The van der Waals surface area contributed by atoms with Crippen molar-refractivity contribution in [2.75, 3.05) is 0 Å². The highest BCUT2D eigenvalue weighted by atomic mass is 32.2. The van der Waals surface area contributed by atoms with Gasteiger partial charge < -0.3 is 15.2 Å². The number of carbonyl (C=O) groups is 2. The van der Waals surface area contributed by atoms with Crippen molar-refractivity contribution in [1.82, 2.24) is 10.0 Å². The predicted octanol–water partition coefficient (Wildman–Crippen LogP) is 3.04. The molecule has 0 saturated carbocycles. The maximum atomic E-state index is 12.9. The lowest BCUT2D eigenvalue weighted by molar-refractivity contribution is -0.121.